The van der Waals surface area contributed by atoms with Gasteiger partial charge in [-0.1, -0.05) is 31.5 Å². The molecular weight excluding hydrogens is 390 g/mol. The van der Waals surface area contributed by atoms with Crippen LogP contribution in [0.3, 0.4) is 0 Å². The van der Waals surface area contributed by atoms with Crippen molar-refractivity contribution in [3.05, 3.63) is 65.2 Å². The number of amides is 2. The fourth-order valence-electron chi connectivity index (χ4n) is 3.73. The summed E-state index contributed by atoms with van der Waals surface area (Å²) in [6.45, 7) is 10.0. The fraction of sp³-hybridized carbons (Fsp3) is 0.400. The zero-order chi connectivity index (χ0) is 22.5. The van der Waals surface area contributed by atoms with Gasteiger partial charge in [0.2, 0.25) is 5.91 Å². The van der Waals surface area contributed by atoms with Crippen LogP contribution in [0.2, 0.25) is 0 Å². The summed E-state index contributed by atoms with van der Waals surface area (Å²) >= 11 is 0. The smallest absolute Gasteiger partial charge is 0.251 e. The molecular formula is C25H31N3O3. The number of nitrogens with zero attached hydrogens (tertiary/aromatic N) is 2. The van der Waals surface area contributed by atoms with Crippen molar-refractivity contribution in [3.63, 3.8) is 0 Å². The summed E-state index contributed by atoms with van der Waals surface area (Å²) in [5, 5.41) is 2.93. The number of Topliss-reactive ketones (excluding diaryl/α,β-unsaturated/α-hetero) is 1. The number of carbonyl (C=O) groups excluding carboxylic acids is 3. The van der Waals surface area contributed by atoms with E-state index in [1.807, 2.05) is 62.1 Å². The number of ketones is 1. The summed E-state index contributed by atoms with van der Waals surface area (Å²) in [5.41, 5.74) is 3.39. The number of carbonyl (C=O) groups is 3. The molecule has 0 unspecified atom stereocenters. The van der Waals surface area contributed by atoms with Crippen molar-refractivity contribution in [1.82, 2.24) is 10.2 Å². The molecule has 0 saturated carbocycles. The van der Waals surface area contributed by atoms with E-state index in [0.29, 0.717) is 37.3 Å². The number of aryl methyl sites for hydroxylation is 1. The van der Waals surface area contributed by atoms with Gasteiger partial charge in [-0.05, 0) is 56.2 Å². The molecule has 1 aliphatic rings. The van der Waals surface area contributed by atoms with Gasteiger partial charge < -0.3 is 15.1 Å². The molecule has 31 heavy (non-hydrogen) atoms. The number of anilines is 1. The Morgan fingerprint density at radius 3 is 1.90 bits per heavy atom. The summed E-state index contributed by atoms with van der Waals surface area (Å²) < 4.78 is 0. The molecule has 1 atom stereocenters. The summed E-state index contributed by atoms with van der Waals surface area (Å²) in [5.74, 6) is -0.230. The molecule has 6 nitrogen and oxygen atoms in total. The Morgan fingerprint density at radius 2 is 1.39 bits per heavy atom. The van der Waals surface area contributed by atoms with Gasteiger partial charge in [0.1, 0.15) is 6.04 Å². The van der Waals surface area contributed by atoms with Crippen molar-refractivity contribution >= 4 is 23.3 Å². The molecule has 0 aromatic heterocycles. The highest BCUT2D eigenvalue weighted by atomic mass is 16.2. The minimum absolute atomic E-state index is 0.0148. The van der Waals surface area contributed by atoms with Gasteiger partial charge in [-0.15, -0.1) is 0 Å². The van der Waals surface area contributed by atoms with Gasteiger partial charge in [0.05, 0.1) is 0 Å². The van der Waals surface area contributed by atoms with Crippen LogP contribution in [0.25, 0.3) is 0 Å². The molecule has 1 N–H and O–H groups in total. The van der Waals surface area contributed by atoms with Crippen LogP contribution in [0.5, 0.6) is 0 Å². The van der Waals surface area contributed by atoms with E-state index >= 15 is 0 Å². The number of hydrogen-bond acceptors (Lipinski definition) is 4. The molecule has 0 spiro atoms. The van der Waals surface area contributed by atoms with Gasteiger partial charge in [0.15, 0.2) is 5.78 Å². The summed E-state index contributed by atoms with van der Waals surface area (Å²) in [7, 11) is 0. The van der Waals surface area contributed by atoms with Crippen LogP contribution < -0.4 is 10.2 Å². The molecule has 1 aliphatic heterocycles. The second kappa shape index (κ2) is 9.77. The molecule has 1 fully saturated rings. The first-order valence-electron chi connectivity index (χ1n) is 10.8. The Morgan fingerprint density at radius 1 is 0.839 bits per heavy atom. The van der Waals surface area contributed by atoms with E-state index < -0.39 is 6.04 Å². The Labute approximate surface area is 184 Å². The molecule has 2 aromatic rings. The molecule has 2 amide bonds. The van der Waals surface area contributed by atoms with Crippen LogP contribution in [-0.2, 0) is 4.79 Å². The lowest BCUT2D eigenvalue weighted by Crippen LogP contribution is -2.56. The standard InChI is InChI=1S/C25H31N3O3/c1-17(2)23(26-24(30)21-7-5-18(3)6-8-21)25(31)28-15-13-27(14-16-28)22-11-9-20(10-12-22)19(4)29/h5-12,17,23H,13-16H2,1-4H3,(H,26,30)/t23-/m0/s1. The van der Waals surface area contributed by atoms with E-state index in [1.54, 1.807) is 19.1 Å². The number of piperazine rings is 1. The minimum Gasteiger partial charge on any atom is -0.368 e. The third kappa shape index (κ3) is 5.51. The quantitative estimate of drug-likeness (QED) is 0.727. The Balaban J connectivity index is 1.61. The second-order valence-corrected chi connectivity index (χ2v) is 8.48. The SMILES string of the molecule is CC(=O)c1ccc(N2CCN(C(=O)[C@@H](NC(=O)c3ccc(C)cc3)C(C)C)CC2)cc1. The first kappa shape index (κ1) is 22.5. The third-order valence-electron chi connectivity index (χ3n) is 5.76. The molecule has 164 valence electrons. The number of hydrogen-bond donors (Lipinski definition) is 1. The van der Waals surface area contributed by atoms with Crippen LogP contribution >= 0.6 is 0 Å². The van der Waals surface area contributed by atoms with Crippen molar-refractivity contribution < 1.29 is 14.4 Å². The summed E-state index contributed by atoms with van der Waals surface area (Å²) in [4.78, 5) is 41.3. The third-order valence-corrected chi connectivity index (χ3v) is 5.76. The van der Waals surface area contributed by atoms with E-state index in [9.17, 15) is 14.4 Å². The van der Waals surface area contributed by atoms with Crippen LogP contribution in [0.1, 0.15) is 47.1 Å². The van der Waals surface area contributed by atoms with Crippen molar-refractivity contribution in [2.75, 3.05) is 31.1 Å². The van der Waals surface area contributed by atoms with Crippen molar-refractivity contribution in [1.29, 1.82) is 0 Å². The number of benzene rings is 2. The molecule has 1 heterocycles. The second-order valence-electron chi connectivity index (χ2n) is 8.48. The summed E-state index contributed by atoms with van der Waals surface area (Å²) in [6, 6.07) is 14.4. The average Bonchev–Trinajstić information content (AvgIpc) is 2.77. The van der Waals surface area contributed by atoms with E-state index in [0.717, 1.165) is 11.3 Å². The lowest BCUT2D eigenvalue weighted by Gasteiger charge is -2.38. The normalized spacial score (nSPS) is 15.0. The first-order chi connectivity index (χ1) is 14.8. The molecule has 1 saturated heterocycles. The predicted octanol–water partition coefficient (Wildman–Crippen LogP) is 3.30. The molecule has 0 radical (unpaired) electrons. The van der Waals surface area contributed by atoms with E-state index in [-0.39, 0.29) is 23.5 Å². The highest BCUT2D eigenvalue weighted by Gasteiger charge is 2.31. The van der Waals surface area contributed by atoms with Crippen LogP contribution in [0.4, 0.5) is 5.69 Å². The minimum atomic E-state index is -0.560. The zero-order valence-corrected chi connectivity index (χ0v) is 18.7. The maximum atomic E-state index is 13.2. The largest absolute Gasteiger partial charge is 0.368 e. The van der Waals surface area contributed by atoms with Gasteiger partial charge in [-0.3, -0.25) is 14.4 Å². The number of rotatable bonds is 6. The average molecular weight is 422 g/mol. The van der Waals surface area contributed by atoms with Gasteiger partial charge in [0.25, 0.3) is 5.91 Å². The fourth-order valence-corrected chi connectivity index (χ4v) is 3.73. The van der Waals surface area contributed by atoms with E-state index in [4.69, 9.17) is 0 Å². The monoisotopic (exact) mass is 421 g/mol. The van der Waals surface area contributed by atoms with Crippen molar-refractivity contribution in [3.8, 4) is 0 Å². The highest BCUT2D eigenvalue weighted by Crippen LogP contribution is 2.19. The Bertz CT molecular complexity index is 927. The highest BCUT2D eigenvalue weighted by molar-refractivity contribution is 5.97. The zero-order valence-electron chi connectivity index (χ0n) is 18.7. The van der Waals surface area contributed by atoms with Crippen molar-refractivity contribution in [2.24, 2.45) is 5.92 Å². The first-order valence-corrected chi connectivity index (χ1v) is 10.8. The Hall–Kier alpha value is -3.15. The lowest BCUT2D eigenvalue weighted by molar-refractivity contribution is -0.134. The van der Waals surface area contributed by atoms with Gasteiger partial charge in [0, 0.05) is 43.0 Å². The topological polar surface area (TPSA) is 69.7 Å². The Kier molecular flexibility index (Phi) is 7.10. The van der Waals surface area contributed by atoms with Gasteiger partial charge >= 0.3 is 0 Å². The van der Waals surface area contributed by atoms with Crippen LogP contribution in [0.15, 0.2) is 48.5 Å². The molecule has 6 heteroatoms. The summed E-state index contributed by atoms with van der Waals surface area (Å²) in [6.07, 6.45) is 0. The molecule has 0 aliphatic carbocycles. The van der Waals surface area contributed by atoms with E-state index in [2.05, 4.69) is 10.2 Å². The van der Waals surface area contributed by atoms with Gasteiger partial charge in [-0.2, -0.15) is 0 Å². The molecule has 3 rings (SSSR count). The lowest BCUT2D eigenvalue weighted by atomic mass is 10.0. The number of nitrogens with one attached hydrogen (secondary N) is 1. The van der Waals surface area contributed by atoms with Gasteiger partial charge in [-0.25, -0.2) is 0 Å². The van der Waals surface area contributed by atoms with Crippen LogP contribution in [0, 0.1) is 12.8 Å². The van der Waals surface area contributed by atoms with Crippen molar-refractivity contribution in [2.45, 2.75) is 33.7 Å². The maximum absolute atomic E-state index is 13.2. The van der Waals surface area contributed by atoms with E-state index in [1.165, 1.54) is 0 Å². The predicted molar refractivity (Wildman–Crippen MR) is 123 cm³/mol. The van der Waals surface area contributed by atoms with Crippen LogP contribution in [-0.4, -0.2) is 54.7 Å². The maximum Gasteiger partial charge on any atom is 0.251 e. The molecule has 2 aromatic carbocycles. The molecule has 0 bridgehead atoms.